The molecule has 0 heterocycles. The summed E-state index contributed by atoms with van der Waals surface area (Å²) in [6.07, 6.45) is 0. The van der Waals surface area contributed by atoms with Crippen molar-refractivity contribution in [3.05, 3.63) is 94.8 Å². The van der Waals surface area contributed by atoms with Gasteiger partial charge in [0.15, 0.2) is 0 Å². The van der Waals surface area contributed by atoms with Crippen LogP contribution in [0.1, 0.15) is 11.1 Å². The van der Waals surface area contributed by atoms with E-state index >= 15 is 0 Å². The fraction of sp³-hybridized carbons (Fsp3) is 0.100. The highest BCUT2D eigenvalue weighted by Gasteiger charge is 2.11. The summed E-state index contributed by atoms with van der Waals surface area (Å²) in [7, 11) is 0. The molecule has 0 saturated heterocycles. The van der Waals surface area contributed by atoms with Crippen molar-refractivity contribution >= 4 is 66.4 Å². The van der Waals surface area contributed by atoms with Gasteiger partial charge in [-0.3, -0.25) is 10.1 Å². The smallest absolute Gasteiger partial charge is 0.269 e. The van der Waals surface area contributed by atoms with Crippen LogP contribution >= 0.6 is 55.1 Å². The summed E-state index contributed by atoms with van der Waals surface area (Å²) in [6.45, 7) is 0.869. The molecule has 3 aromatic rings. The van der Waals surface area contributed by atoms with Gasteiger partial charge in [0.05, 0.1) is 23.9 Å². The Bertz CT molecular complexity index is 1020. The topological polar surface area (TPSA) is 64.4 Å². The first kappa shape index (κ1) is 21.9. The molecule has 9 heteroatoms. The summed E-state index contributed by atoms with van der Waals surface area (Å²) in [5.74, 6) is 0.654. The van der Waals surface area contributed by atoms with E-state index in [4.69, 9.17) is 27.9 Å². The van der Waals surface area contributed by atoms with Crippen molar-refractivity contribution in [3.63, 3.8) is 0 Å². The van der Waals surface area contributed by atoms with Crippen LogP contribution in [0, 0.1) is 10.1 Å². The van der Waals surface area contributed by atoms with Gasteiger partial charge in [-0.05, 0) is 85.5 Å². The van der Waals surface area contributed by atoms with E-state index in [2.05, 4.69) is 37.2 Å². The van der Waals surface area contributed by atoms with E-state index < -0.39 is 4.92 Å². The zero-order valence-corrected chi connectivity index (χ0v) is 19.5. The number of nitro benzene ring substituents is 1. The van der Waals surface area contributed by atoms with Crippen molar-refractivity contribution < 1.29 is 9.66 Å². The maximum atomic E-state index is 10.7. The zero-order valence-electron chi connectivity index (χ0n) is 14.8. The first-order chi connectivity index (χ1) is 13.8. The first-order valence-corrected chi connectivity index (χ1v) is 10.7. The highest BCUT2D eigenvalue weighted by molar-refractivity contribution is 9.11. The van der Waals surface area contributed by atoms with E-state index in [9.17, 15) is 10.1 Å². The highest BCUT2D eigenvalue weighted by atomic mass is 79.9. The van der Waals surface area contributed by atoms with Crippen molar-refractivity contribution in [2.24, 2.45) is 0 Å². The van der Waals surface area contributed by atoms with Crippen LogP contribution in [-0.4, -0.2) is 4.92 Å². The van der Waals surface area contributed by atoms with E-state index in [0.717, 1.165) is 25.8 Å². The molecule has 0 bridgehead atoms. The molecule has 3 aromatic carbocycles. The molecular weight excluding hydrogens is 547 g/mol. The van der Waals surface area contributed by atoms with Crippen LogP contribution in [0.4, 0.5) is 11.4 Å². The van der Waals surface area contributed by atoms with E-state index in [1.165, 1.54) is 12.1 Å². The Hall–Kier alpha value is -1.80. The number of ether oxygens (including phenoxy) is 1. The van der Waals surface area contributed by atoms with Crippen LogP contribution in [0.25, 0.3) is 0 Å². The lowest BCUT2D eigenvalue weighted by atomic mass is 10.2. The minimum Gasteiger partial charge on any atom is -0.487 e. The Morgan fingerprint density at radius 1 is 0.931 bits per heavy atom. The predicted molar refractivity (Wildman–Crippen MR) is 123 cm³/mol. The lowest BCUT2D eigenvalue weighted by Gasteiger charge is -2.13. The lowest BCUT2D eigenvalue weighted by molar-refractivity contribution is -0.384. The standard InChI is InChI=1S/C20H14Br2Cl2N2O3/c21-16-7-13(10-25-14-3-6-18(23)19(24)9-14)8-17(22)20(16)29-11-12-1-4-15(5-2-12)26(27)28/h1-9,25H,10-11H2. The largest absolute Gasteiger partial charge is 0.487 e. The van der Waals surface area contributed by atoms with E-state index in [0.29, 0.717) is 22.3 Å². The number of nitrogens with zero attached hydrogens (tertiary/aromatic N) is 1. The Balaban J connectivity index is 1.65. The van der Waals surface area contributed by atoms with Crippen LogP contribution in [0.15, 0.2) is 63.5 Å². The monoisotopic (exact) mass is 558 g/mol. The first-order valence-electron chi connectivity index (χ1n) is 8.36. The molecule has 0 atom stereocenters. The molecule has 0 aliphatic rings. The van der Waals surface area contributed by atoms with Crippen LogP contribution in [-0.2, 0) is 13.2 Å². The molecule has 29 heavy (non-hydrogen) atoms. The number of rotatable bonds is 7. The summed E-state index contributed by atoms with van der Waals surface area (Å²) in [6, 6.07) is 15.6. The number of nitro groups is 1. The molecule has 0 aliphatic heterocycles. The zero-order chi connectivity index (χ0) is 21.0. The average Bonchev–Trinajstić information content (AvgIpc) is 2.68. The van der Waals surface area contributed by atoms with Crippen molar-refractivity contribution in [2.45, 2.75) is 13.2 Å². The fourth-order valence-corrected chi connectivity index (χ4v) is 4.34. The predicted octanol–water partition coefficient (Wildman–Crippen LogP) is 7.62. The summed E-state index contributed by atoms with van der Waals surface area (Å²) >= 11 is 19.1. The molecule has 0 amide bonds. The van der Waals surface area contributed by atoms with E-state index in [1.807, 2.05) is 18.2 Å². The molecular formula is C20H14Br2Cl2N2O3. The van der Waals surface area contributed by atoms with Gasteiger partial charge >= 0.3 is 0 Å². The average molecular weight is 561 g/mol. The maximum absolute atomic E-state index is 10.7. The van der Waals surface area contributed by atoms with Crippen molar-refractivity contribution in [2.75, 3.05) is 5.32 Å². The van der Waals surface area contributed by atoms with Crippen molar-refractivity contribution in [3.8, 4) is 5.75 Å². The van der Waals surface area contributed by atoms with E-state index in [-0.39, 0.29) is 12.3 Å². The van der Waals surface area contributed by atoms with Crippen LogP contribution < -0.4 is 10.1 Å². The quantitative estimate of drug-likeness (QED) is 0.238. The normalized spacial score (nSPS) is 10.6. The van der Waals surface area contributed by atoms with Gasteiger partial charge in [-0.1, -0.05) is 23.2 Å². The fourth-order valence-electron chi connectivity index (χ4n) is 2.53. The molecule has 1 N–H and O–H groups in total. The Morgan fingerprint density at radius 2 is 1.59 bits per heavy atom. The summed E-state index contributed by atoms with van der Waals surface area (Å²) in [5.41, 5.74) is 2.78. The van der Waals surface area contributed by atoms with Crippen LogP contribution in [0.2, 0.25) is 10.0 Å². The molecule has 0 saturated carbocycles. The van der Waals surface area contributed by atoms with Gasteiger partial charge in [0, 0.05) is 24.4 Å². The molecule has 0 aliphatic carbocycles. The van der Waals surface area contributed by atoms with Gasteiger partial charge in [-0.25, -0.2) is 0 Å². The SMILES string of the molecule is O=[N+]([O-])c1ccc(COc2c(Br)cc(CNc3ccc(Cl)c(Cl)c3)cc2Br)cc1. The number of benzene rings is 3. The molecule has 3 rings (SSSR count). The molecule has 0 spiro atoms. The van der Waals surface area contributed by atoms with Gasteiger partial charge in [0.25, 0.3) is 5.69 Å². The van der Waals surface area contributed by atoms with Gasteiger partial charge in [-0.2, -0.15) is 0 Å². The highest BCUT2D eigenvalue weighted by Crippen LogP contribution is 2.36. The minimum absolute atomic E-state index is 0.0509. The van der Waals surface area contributed by atoms with Gasteiger partial charge in [0.1, 0.15) is 12.4 Å². The molecule has 0 aromatic heterocycles. The lowest BCUT2D eigenvalue weighted by Crippen LogP contribution is -2.02. The number of non-ortho nitro benzene ring substituents is 1. The van der Waals surface area contributed by atoms with Crippen LogP contribution in [0.5, 0.6) is 5.75 Å². The number of anilines is 1. The van der Waals surface area contributed by atoms with Crippen molar-refractivity contribution in [1.29, 1.82) is 0 Å². The van der Waals surface area contributed by atoms with Gasteiger partial charge in [-0.15, -0.1) is 0 Å². The Kier molecular flexibility index (Phi) is 7.40. The molecule has 0 unspecified atom stereocenters. The number of hydrogen-bond donors (Lipinski definition) is 1. The Labute approximate surface area is 194 Å². The van der Waals surface area contributed by atoms with Gasteiger partial charge in [0.2, 0.25) is 0 Å². The second kappa shape index (κ2) is 9.80. The third kappa shape index (κ3) is 5.85. The third-order valence-corrected chi connectivity index (χ3v) is 5.92. The maximum Gasteiger partial charge on any atom is 0.269 e. The molecule has 0 fully saturated rings. The van der Waals surface area contributed by atoms with Crippen LogP contribution in [0.3, 0.4) is 0 Å². The number of nitrogens with one attached hydrogen (secondary N) is 1. The molecule has 5 nitrogen and oxygen atoms in total. The summed E-state index contributed by atoms with van der Waals surface area (Å²) < 4.78 is 7.47. The molecule has 0 radical (unpaired) electrons. The summed E-state index contributed by atoms with van der Waals surface area (Å²) in [4.78, 5) is 10.3. The summed E-state index contributed by atoms with van der Waals surface area (Å²) in [5, 5.41) is 15.0. The Morgan fingerprint density at radius 3 is 2.17 bits per heavy atom. The second-order valence-corrected chi connectivity index (χ2v) is 8.61. The minimum atomic E-state index is -0.428. The molecule has 150 valence electrons. The second-order valence-electron chi connectivity index (χ2n) is 6.08. The van der Waals surface area contributed by atoms with Crippen molar-refractivity contribution in [1.82, 2.24) is 0 Å². The third-order valence-electron chi connectivity index (χ3n) is 4.00. The number of hydrogen-bond acceptors (Lipinski definition) is 4. The van der Waals surface area contributed by atoms with E-state index in [1.54, 1.807) is 24.3 Å². The van der Waals surface area contributed by atoms with Gasteiger partial charge < -0.3 is 10.1 Å². The number of halogens is 4.